The van der Waals surface area contributed by atoms with Crippen LogP contribution in [0.25, 0.3) is 0 Å². The second-order valence-electron chi connectivity index (χ2n) is 6.18. The highest BCUT2D eigenvalue weighted by molar-refractivity contribution is 9.10. The molecule has 0 bridgehead atoms. The van der Waals surface area contributed by atoms with Crippen molar-refractivity contribution in [3.05, 3.63) is 58.1 Å². The van der Waals surface area contributed by atoms with Crippen molar-refractivity contribution in [2.24, 2.45) is 0 Å². The number of piperazine rings is 1. The number of aryl methyl sites for hydroxylation is 2. The van der Waals surface area contributed by atoms with E-state index in [4.69, 9.17) is 0 Å². The Morgan fingerprint density at radius 2 is 1.75 bits per heavy atom. The third-order valence-corrected chi connectivity index (χ3v) is 4.99. The molecule has 1 fully saturated rings. The van der Waals surface area contributed by atoms with Gasteiger partial charge in [0, 0.05) is 42.0 Å². The van der Waals surface area contributed by atoms with Gasteiger partial charge in [0.2, 0.25) is 0 Å². The first-order valence-electron chi connectivity index (χ1n) is 8.16. The monoisotopic (exact) mass is 387 g/mol. The lowest BCUT2D eigenvalue weighted by molar-refractivity contribution is 0.208. The summed E-state index contributed by atoms with van der Waals surface area (Å²) in [6.45, 7) is 7.27. The fourth-order valence-corrected chi connectivity index (χ4v) is 3.25. The number of halogens is 1. The number of nitrogens with one attached hydrogen (secondary N) is 1. The Balaban J connectivity index is 1.58. The summed E-state index contributed by atoms with van der Waals surface area (Å²) in [6, 6.07) is 14.3. The third-order valence-electron chi connectivity index (χ3n) is 4.50. The average Bonchev–Trinajstić information content (AvgIpc) is 2.58. The number of anilines is 2. The number of benzene rings is 2. The molecule has 2 aromatic carbocycles. The Morgan fingerprint density at radius 3 is 2.42 bits per heavy atom. The lowest BCUT2D eigenvalue weighted by Crippen LogP contribution is -2.50. The summed E-state index contributed by atoms with van der Waals surface area (Å²) in [7, 11) is 0. The molecule has 1 heterocycles. The zero-order valence-electron chi connectivity index (χ0n) is 14.1. The van der Waals surface area contributed by atoms with Crippen molar-refractivity contribution in [2.45, 2.75) is 13.8 Å². The molecule has 2 amide bonds. The second-order valence-corrected chi connectivity index (χ2v) is 7.10. The smallest absolute Gasteiger partial charge is 0.321 e. The zero-order chi connectivity index (χ0) is 17.1. The summed E-state index contributed by atoms with van der Waals surface area (Å²) in [5.74, 6) is 0. The van der Waals surface area contributed by atoms with E-state index in [1.165, 1.54) is 16.8 Å². The molecule has 126 valence electrons. The van der Waals surface area contributed by atoms with Gasteiger partial charge in [-0.3, -0.25) is 0 Å². The van der Waals surface area contributed by atoms with Gasteiger partial charge in [-0.05, 0) is 55.3 Å². The van der Waals surface area contributed by atoms with Crippen LogP contribution in [-0.4, -0.2) is 37.1 Å². The molecule has 1 aliphatic heterocycles. The molecule has 1 saturated heterocycles. The van der Waals surface area contributed by atoms with Gasteiger partial charge in [-0.1, -0.05) is 28.1 Å². The van der Waals surface area contributed by atoms with E-state index in [1.54, 1.807) is 0 Å². The van der Waals surface area contributed by atoms with E-state index in [-0.39, 0.29) is 6.03 Å². The highest BCUT2D eigenvalue weighted by atomic mass is 79.9. The van der Waals surface area contributed by atoms with Crippen LogP contribution >= 0.6 is 15.9 Å². The van der Waals surface area contributed by atoms with Gasteiger partial charge < -0.3 is 15.1 Å². The van der Waals surface area contributed by atoms with Crippen molar-refractivity contribution in [1.29, 1.82) is 0 Å². The number of urea groups is 1. The van der Waals surface area contributed by atoms with E-state index in [2.05, 4.69) is 52.1 Å². The maximum Gasteiger partial charge on any atom is 0.321 e. The van der Waals surface area contributed by atoms with E-state index in [1.807, 2.05) is 35.2 Å². The van der Waals surface area contributed by atoms with E-state index in [0.717, 1.165) is 36.3 Å². The summed E-state index contributed by atoms with van der Waals surface area (Å²) in [5.41, 5.74) is 4.47. The fraction of sp³-hybridized carbons (Fsp3) is 0.316. The molecule has 0 spiro atoms. The van der Waals surface area contributed by atoms with Gasteiger partial charge in [-0.2, -0.15) is 0 Å². The van der Waals surface area contributed by atoms with Crippen LogP contribution in [0.3, 0.4) is 0 Å². The summed E-state index contributed by atoms with van der Waals surface area (Å²) >= 11 is 3.51. The predicted molar refractivity (Wildman–Crippen MR) is 103 cm³/mol. The Hall–Kier alpha value is -2.01. The first kappa shape index (κ1) is 16.8. The van der Waals surface area contributed by atoms with Crippen molar-refractivity contribution in [3.8, 4) is 0 Å². The summed E-state index contributed by atoms with van der Waals surface area (Å²) < 4.78 is 1.08. The SMILES string of the molecule is Cc1ccc(NC(=O)N2CCN(c3cccc(Br)c3)CC2)cc1C. The van der Waals surface area contributed by atoms with Crippen LogP contribution < -0.4 is 10.2 Å². The molecule has 1 aliphatic rings. The van der Waals surface area contributed by atoms with Gasteiger partial charge in [0.15, 0.2) is 0 Å². The first-order chi connectivity index (χ1) is 11.5. The molecule has 1 N–H and O–H groups in total. The Kier molecular flexibility index (Phi) is 5.09. The van der Waals surface area contributed by atoms with E-state index in [0.29, 0.717) is 0 Å². The molecular formula is C19H22BrN3O. The molecule has 0 unspecified atom stereocenters. The lowest BCUT2D eigenvalue weighted by atomic mass is 10.1. The topological polar surface area (TPSA) is 35.6 Å². The van der Waals surface area contributed by atoms with Crippen molar-refractivity contribution < 1.29 is 4.79 Å². The normalized spacial score (nSPS) is 14.6. The van der Waals surface area contributed by atoms with Crippen molar-refractivity contribution in [2.75, 3.05) is 36.4 Å². The van der Waals surface area contributed by atoms with Crippen LogP contribution in [0.1, 0.15) is 11.1 Å². The van der Waals surface area contributed by atoms with Gasteiger partial charge in [0.25, 0.3) is 0 Å². The summed E-state index contributed by atoms with van der Waals surface area (Å²) in [4.78, 5) is 16.6. The van der Waals surface area contributed by atoms with Crippen molar-refractivity contribution in [1.82, 2.24) is 4.90 Å². The van der Waals surface area contributed by atoms with E-state index in [9.17, 15) is 4.79 Å². The Morgan fingerprint density at radius 1 is 1.00 bits per heavy atom. The second kappa shape index (κ2) is 7.26. The first-order valence-corrected chi connectivity index (χ1v) is 8.96. The number of amides is 2. The standard InChI is InChI=1S/C19H22BrN3O/c1-14-6-7-17(12-15(14)2)21-19(24)23-10-8-22(9-11-23)18-5-3-4-16(20)13-18/h3-7,12-13H,8-11H2,1-2H3,(H,21,24). The number of rotatable bonds is 2. The quantitative estimate of drug-likeness (QED) is 0.827. The zero-order valence-corrected chi connectivity index (χ0v) is 15.6. The molecule has 3 rings (SSSR count). The number of hydrogen-bond acceptors (Lipinski definition) is 2. The number of nitrogens with zero attached hydrogens (tertiary/aromatic N) is 2. The molecule has 0 atom stereocenters. The molecule has 24 heavy (non-hydrogen) atoms. The van der Waals surface area contributed by atoms with Crippen LogP contribution in [-0.2, 0) is 0 Å². The van der Waals surface area contributed by atoms with Crippen molar-refractivity contribution in [3.63, 3.8) is 0 Å². The molecule has 0 aromatic heterocycles. The minimum absolute atomic E-state index is 0.0212. The van der Waals surface area contributed by atoms with Gasteiger partial charge in [0.05, 0.1) is 0 Å². The van der Waals surface area contributed by atoms with E-state index >= 15 is 0 Å². The molecule has 0 aliphatic carbocycles. The minimum Gasteiger partial charge on any atom is -0.368 e. The number of carbonyl (C=O) groups is 1. The predicted octanol–water partition coefficient (Wildman–Crippen LogP) is 4.42. The van der Waals surface area contributed by atoms with E-state index < -0.39 is 0 Å². The molecule has 0 radical (unpaired) electrons. The molecule has 2 aromatic rings. The Bertz CT molecular complexity index is 739. The van der Waals surface area contributed by atoms with Gasteiger partial charge >= 0.3 is 6.03 Å². The highest BCUT2D eigenvalue weighted by Gasteiger charge is 2.21. The number of hydrogen-bond donors (Lipinski definition) is 1. The van der Waals surface area contributed by atoms with Gasteiger partial charge in [0.1, 0.15) is 0 Å². The lowest BCUT2D eigenvalue weighted by Gasteiger charge is -2.36. The van der Waals surface area contributed by atoms with Gasteiger partial charge in [-0.25, -0.2) is 4.79 Å². The maximum absolute atomic E-state index is 12.4. The fourth-order valence-electron chi connectivity index (χ4n) is 2.86. The summed E-state index contributed by atoms with van der Waals surface area (Å²) in [5, 5.41) is 3.00. The molecular weight excluding hydrogens is 366 g/mol. The summed E-state index contributed by atoms with van der Waals surface area (Å²) in [6.07, 6.45) is 0. The third kappa shape index (κ3) is 3.90. The van der Waals surface area contributed by atoms with Crippen LogP contribution in [0.2, 0.25) is 0 Å². The molecule has 0 saturated carbocycles. The van der Waals surface area contributed by atoms with Crippen LogP contribution in [0.4, 0.5) is 16.2 Å². The van der Waals surface area contributed by atoms with Crippen LogP contribution in [0.5, 0.6) is 0 Å². The van der Waals surface area contributed by atoms with Gasteiger partial charge in [-0.15, -0.1) is 0 Å². The maximum atomic E-state index is 12.4. The van der Waals surface area contributed by atoms with Crippen LogP contribution in [0.15, 0.2) is 46.9 Å². The van der Waals surface area contributed by atoms with Crippen LogP contribution in [0, 0.1) is 13.8 Å². The Labute approximate surface area is 151 Å². The number of carbonyl (C=O) groups excluding carboxylic acids is 1. The average molecular weight is 388 g/mol. The largest absolute Gasteiger partial charge is 0.368 e. The highest BCUT2D eigenvalue weighted by Crippen LogP contribution is 2.21. The molecule has 4 nitrogen and oxygen atoms in total. The van der Waals surface area contributed by atoms with Crippen molar-refractivity contribution >= 4 is 33.3 Å². The minimum atomic E-state index is -0.0212. The molecule has 5 heteroatoms.